The zero-order valence-corrected chi connectivity index (χ0v) is 66.7. The van der Waals surface area contributed by atoms with Crippen LogP contribution in [0.3, 0.4) is 0 Å². The third-order valence-corrected chi connectivity index (χ3v) is 19.1. The molecule has 620 valence electrons. The van der Waals surface area contributed by atoms with Gasteiger partial charge in [0, 0.05) is 40.5 Å². The van der Waals surface area contributed by atoms with Crippen LogP contribution in [-0.2, 0) is 57.3 Å². The summed E-state index contributed by atoms with van der Waals surface area (Å²) in [7, 11) is 0. The van der Waals surface area contributed by atoms with Crippen LogP contribution in [0.1, 0.15) is 156 Å². The van der Waals surface area contributed by atoms with Gasteiger partial charge >= 0.3 is 37.1 Å². The molecule has 6 amide bonds. The summed E-state index contributed by atoms with van der Waals surface area (Å²) in [5.74, 6) is -8.14. The predicted octanol–water partition coefficient (Wildman–Crippen LogP) is 10.1. The maximum atomic E-state index is 13.5. The Labute approximate surface area is 667 Å². The quantitative estimate of drug-likeness (QED) is 0.00879. The Kier molecular flexibility index (Phi) is 33.7. The number of nitrogens with zero attached hydrogens (tertiary/aromatic N) is 6. The highest BCUT2D eigenvalue weighted by atomic mass is 79.9. The van der Waals surface area contributed by atoms with Gasteiger partial charge in [-0.15, -0.1) is 6.58 Å². The van der Waals surface area contributed by atoms with Gasteiger partial charge in [0.1, 0.15) is 52.2 Å². The molecule has 0 aliphatic carbocycles. The third kappa shape index (κ3) is 25.7. The number of aliphatic hydroxyl groups is 1. The van der Waals surface area contributed by atoms with Crippen molar-refractivity contribution in [2.45, 2.75) is 170 Å². The number of hydrogen-bond acceptors (Lipinski definition) is 23. The van der Waals surface area contributed by atoms with Gasteiger partial charge in [-0.1, -0.05) is 116 Å². The summed E-state index contributed by atoms with van der Waals surface area (Å²) >= 11 is 3.45. The first-order valence-electron chi connectivity index (χ1n) is 36.3. The Morgan fingerprint density at radius 1 is 0.765 bits per heavy atom. The molecule has 0 spiro atoms. The number of halogens is 5. The van der Waals surface area contributed by atoms with Gasteiger partial charge < -0.3 is 50.4 Å². The van der Waals surface area contributed by atoms with E-state index in [1.807, 2.05) is 55.5 Å². The van der Waals surface area contributed by atoms with Crippen molar-refractivity contribution in [2.75, 3.05) is 26.3 Å². The van der Waals surface area contributed by atoms with Crippen molar-refractivity contribution in [3.63, 3.8) is 0 Å². The Morgan fingerprint density at radius 2 is 1.33 bits per heavy atom. The number of alkyl halides is 4. The molecule has 2 fully saturated rings. The minimum absolute atomic E-state index is 0.229. The van der Waals surface area contributed by atoms with E-state index in [-0.39, 0.29) is 51.9 Å². The lowest BCUT2D eigenvalue weighted by Crippen LogP contribution is -2.61. The van der Waals surface area contributed by atoms with Crippen molar-refractivity contribution in [1.82, 2.24) is 52.1 Å². The van der Waals surface area contributed by atoms with E-state index in [4.69, 9.17) is 14.8 Å². The van der Waals surface area contributed by atoms with Gasteiger partial charge in [0.05, 0.1) is 57.6 Å². The molecule has 32 nitrogen and oxygen atoms in total. The molecule has 2 aromatic heterocycles. The van der Waals surface area contributed by atoms with Crippen LogP contribution in [0, 0.1) is 56.7 Å². The first-order chi connectivity index (χ1) is 54.0. The summed E-state index contributed by atoms with van der Waals surface area (Å²) in [5.41, 5.74) is 4.92. The van der Waals surface area contributed by atoms with Gasteiger partial charge in [-0.25, -0.2) is 20.4 Å². The molecule has 2 saturated heterocycles. The fourth-order valence-corrected chi connectivity index (χ4v) is 11.9. The molecule has 6 aromatic rings. The van der Waals surface area contributed by atoms with Crippen LogP contribution >= 0.6 is 15.9 Å². The standard InChI is InChI=1S/C31H39F2N5O6.C24H32BrN5O4.C16H12N2O7.C7H10F2O3/c1-17(2)25-27(40)35-19(4)28(41)38-14-6-7-23(37-38)26(39)34-18(3)22-11-10-21-9-8-20(15-24(21)36-22)12-13-31(5,29(42)44-25)16-43-30(32)33;1-13(2)21(31)23(33)27-15(4)24(34)30-11-5-6-19(29-30)22(32)26-14(3)18-10-8-16-7-9-17(25)12-20(16)28-18;1-9-5-3-7-11(17(21)22)13(9)15(19)25-16(20)14-10(2)6-4-8-12(14)18(23)24;1-3-7(2,5(10)11)4-12-6(8)9/h8-13,15,17-19,23,25,30,37H,6-7,14,16H2,1-5H3,(H,34,39)(H,35,40);7-10,12-15,19,21,29,31H,5-6,11H2,1-4H3,(H,26,32)(H,27,33);3-8H,1-2H3;3,6H,1,4H2,2H3,(H,10,11)/b13-12+;;;/t18-,19+,23+,25+,31-;14-,15+,19+,21+;;7-/m11.1/s1. The van der Waals surface area contributed by atoms with Crippen LogP contribution in [0.5, 0.6) is 0 Å². The number of esters is 3. The molecule has 115 heavy (non-hydrogen) atoms. The number of aromatic nitrogens is 2. The average Bonchev–Trinajstić information content (AvgIpc) is 0.928. The second-order valence-corrected chi connectivity index (χ2v) is 29.4. The van der Waals surface area contributed by atoms with Crippen LogP contribution < -0.4 is 32.1 Å². The Balaban J connectivity index is 0.000000258. The molecule has 8 N–H and O–H groups in total. The number of nitrogens with one attached hydrogen (secondary N) is 6. The molecule has 9 rings (SSSR count). The van der Waals surface area contributed by atoms with Crippen molar-refractivity contribution in [3.05, 3.63) is 180 Å². The van der Waals surface area contributed by atoms with Gasteiger partial charge in [0.25, 0.3) is 29.1 Å². The zero-order valence-electron chi connectivity index (χ0n) is 65.1. The summed E-state index contributed by atoms with van der Waals surface area (Å²) in [5, 5.41) is 56.1. The molecule has 0 radical (unpaired) electrons. The number of pyridine rings is 2. The zero-order chi connectivity index (χ0) is 85.7. The molecular weight excluding hydrogens is 1580 g/mol. The van der Waals surface area contributed by atoms with E-state index in [1.54, 1.807) is 59.8 Å². The predicted molar refractivity (Wildman–Crippen MR) is 413 cm³/mol. The Hall–Kier alpha value is -11.1. The molecule has 37 heteroatoms. The number of hydrogen-bond donors (Lipinski definition) is 8. The summed E-state index contributed by atoms with van der Waals surface area (Å²) < 4.78 is 68.8. The van der Waals surface area contributed by atoms with Gasteiger partial charge in [0.15, 0.2) is 6.10 Å². The number of rotatable bonds is 20. The smallest absolute Gasteiger partial charge is 0.353 e. The first-order valence-corrected chi connectivity index (χ1v) is 37.1. The number of nitro benzene ring substituents is 2. The summed E-state index contributed by atoms with van der Waals surface area (Å²) in [6.07, 6.45) is 3.80. The summed E-state index contributed by atoms with van der Waals surface area (Å²) in [6, 6.07) is 22.8. The van der Waals surface area contributed by atoms with Crippen LogP contribution in [-0.4, -0.2) is 175 Å². The lowest BCUT2D eigenvalue weighted by Gasteiger charge is -2.35. The van der Waals surface area contributed by atoms with E-state index in [1.165, 1.54) is 75.0 Å². The van der Waals surface area contributed by atoms with Gasteiger partial charge in [-0.2, -0.15) is 17.6 Å². The lowest BCUT2D eigenvalue weighted by molar-refractivity contribution is -0.385. The number of carboxylic acids is 1. The fraction of sp³-hybridized carbons (Fsp3) is 0.436. The van der Waals surface area contributed by atoms with Gasteiger partial charge in [0.2, 0.25) is 17.7 Å². The molecule has 5 heterocycles. The number of aliphatic carboxylic acids is 1. The number of hydrazine groups is 2. The minimum atomic E-state index is -3.14. The van der Waals surface area contributed by atoms with E-state index < -0.39 is 148 Å². The number of cyclic esters (lactones) is 1. The number of carbonyl (C=O) groups is 10. The molecule has 3 aliphatic rings. The van der Waals surface area contributed by atoms with Gasteiger partial charge in [-0.05, 0) is 140 Å². The number of carbonyl (C=O) groups excluding carboxylic acids is 9. The maximum Gasteiger partial charge on any atom is 0.353 e. The second-order valence-electron chi connectivity index (χ2n) is 28.5. The number of amides is 6. The molecule has 0 saturated carbocycles. The molecule has 0 unspecified atom stereocenters. The normalized spacial score (nSPS) is 20.2. The highest BCUT2D eigenvalue weighted by Gasteiger charge is 2.41. The lowest BCUT2D eigenvalue weighted by atomic mass is 9.90. The van der Waals surface area contributed by atoms with Crippen LogP contribution in [0.4, 0.5) is 28.9 Å². The SMILES string of the molecule is C=C[C@](C)(COC(F)F)C(=O)O.CC(C)[C@@H]1OC(=O)[C@@](C)(COC(F)F)/C=C/c2ccc3ccc(nc3c2)[C@@H](C)NC(=O)[C@@H]2CCCN(N2)C(=O)[C@H](C)NC1=O.CC(C)[C@H](O)C(=O)N[C@@H](C)C(=O)N1CCC[C@@H](C(=O)N[C@H](C)c2ccc3ccc(Br)cc3n2)N1.Cc1cccc([N+](=O)[O-])c1C(=O)OC(=O)c1c(C)cccc1[N+](=O)[O-]. The number of fused-ring (bicyclic) bond motifs is 5. The van der Waals surface area contributed by atoms with Crippen molar-refractivity contribution in [3.8, 4) is 0 Å². The first kappa shape index (κ1) is 92.7. The van der Waals surface area contributed by atoms with E-state index in [9.17, 15) is 90.8 Å². The van der Waals surface area contributed by atoms with Crippen molar-refractivity contribution < 1.29 is 105 Å². The van der Waals surface area contributed by atoms with Crippen LogP contribution in [0.15, 0.2) is 120 Å². The highest BCUT2D eigenvalue weighted by molar-refractivity contribution is 9.10. The highest BCUT2D eigenvalue weighted by Crippen LogP contribution is 2.31. The third-order valence-electron chi connectivity index (χ3n) is 18.6. The van der Waals surface area contributed by atoms with E-state index >= 15 is 0 Å². The van der Waals surface area contributed by atoms with Crippen LogP contribution in [0.25, 0.3) is 27.9 Å². The average molecular weight is 1670 g/mol. The number of aliphatic hydroxyl groups excluding tert-OH is 1. The van der Waals surface area contributed by atoms with E-state index in [0.29, 0.717) is 55.5 Å². The largest absolute Gasteiger partial charge is 0.481 e. The number of ether oxygens (including phenoxy) is 4. The monoisotopic (exact) mass is 1670 g/mol. The molecule has 5 bridgehead atoms. The van der Waals surface area contributed by atoms with Gasteiger partial charge in [-0.3, -0.25) is 78.6 Å². The van der Waals surface area contributed by atoms with Crippen molar-refractivity contribution in [2.24, 2.45) is 22.7 Å². The number of benzene rings is 4. The van der Waals surface area contributed by atoms with Crippen molar-refractivity contribution in [1.29, 1.82) is 0 Å². The summed E-state index contributed by atoms with van der Waals surface area (Å²) in [6.45, 7) is 15.6. The van der Waals surface area contributed by atoms with E-state index in [0.717, 1.165) is 44.7 Å². The number of carboxylic acid groups (broad SMARTS) is 1. The number of nitro groups is 2. The fourth-order valence-electron chi connectivity index (χ4n) is 11.6. The Morgan fingerprint density at radius 3 is 1.90 bits per heavy atom. The molecule has 4 aromatic carbocycles. The number of aryl methyl sites for hydroxylation is 2. The Bertz CT molecular complexity index is 4560. The topological polar surface area (TPSA) is 439 Å². The van der Waals surface area contributed by atoms with Crippen LogP contribution in [0.2, 0.25) is 0 Å². The maximum absolute atomic E-state index is 13.5. The molecular formula is C78H93BrF4N12O20. The van der Waals surface area contributed by atoms with E-state index in [2.05, 4.69) is 73.8 Å². The molecule has 10 atom stereocenters. The molecule has 3 aliphatic heterocycles. The minimum Gasteiger partial charge on any atom is -0.481 e. The second kappa shape index (κ2) is 41.8. The summed E-state index contributed by atoms with van der Waals surface area (Å²) in [4.78, 5) is 156. The van der Waals surface area contributed by atoms with Crippen molar-refractivity contribution >= 4 is 115 Å².